The van der Waals surface area contributed by atoms with E-state index in [1.807, 2.05) is 0 Å². The summed E-state index contributed by atoms with van der Waals surface area (Å²) >= 11 is 0. The molecule has 0 spiro atoms. The van der Waals surface area contributed by atoms with Gasteiger partial charge in [0.15, 0.2) is 0 Å². The third-order valence-electron chi connectivity index (χ3n) is 1.79. The number of unbranched alkanes of at least 4 members (excludes halogenated alkanes) is 2. The Balaban J connectivity index is -0.0000000182. The molecule has 0 saturated carbocycles. The summed E-state index contributed by atoms with van der Waals surface area (Å²) in [7, 11) is 4.11. The topological polar surface area (TPSA) is 130 Å². The molecule has 0 aromatic heterocycles. The van der Waals surface area contributed by atoms with Crippen LogP contribution in [0.1, 0.15) is 74.7 Å². The van der Waals surface area contributed by atoms with E-state index in [4.69, 9.17) is 30.6 Å². The minimum atomic E-state index is 0. The first-order valence-corrected chi connectivity index (χ1v) is 9.84. The summed E-state index contributed by atoms with van der Waals surface area (Å²) < 4.78 is 0. The van der Waals surface area contributed by atoms with Gasteiger partial charge in [-0.15, -0.1) is 13.2 Å². The van der Waals surface area contributed by atoms with Crippen molar-refractivity contribution in [2.75, 3.05) is 60.8 Å². The Labute approximate surface area is 215 Å². The molecule has 0 fully saturated rings. The molecule has 0 aromatic carbocycles. The van der Waals surface area contributed by atoms with Gasteiger partial charge in [-0.3, -0.25) is 0 Å². The Hall–Kier alpha value is 1.20. The van der Waals surface area contributed by atoms with Gasteiger partial charge in [-0.1, -0.05) is 60.8 Å². The molecule has 0 aromatic rings. The number of rotatable bonds is 4. The van der Waals surface area contributed by atoms with Crippen LogP contribution in [0.25, 0.3) is 0 Å². The quantitative estimate of drug-likeness (QED) is 0.439. The number of aliphatic hydroxyl groups is 4. The van der Waals surface area contributed by atoms with Gasteiger partial charge in [0.2, 0.25) is 0 Å². The van der Waals surface area contributed by atoms with Crippen molar-refractivity contribution < 1.29 is 52.4 Å². The van der Waals surface area contributed by atoms with Crippen LogP contribution in [0.3, 0.4) is 0 Å². The number of nitrogens with zero attached hydrogens (tertiary/aromatic N) is 1. The third-order valence-corrected chi connectivity index (χ3v) is 1.79. The van der Waals surface area contributed by atoms with Crippen molar-refractivity contribution in [2.24, 2.45) is 0 Å². The van der Waals surface area contributed by atoms with Crippen LogP contribution in [0.2, 0.25) is 0 Å². The van der Waals surface area contributed by atoms with Crippen LogP contribution < -0.4 is 10.2 Å². The molecule has 0 aliphatic rings. The second-order valence-corrected chi connectivity index (χ2v) is 4.05. The molecule has 29 heavy (non-hydrogen) atoms. The van der Waals surface area contributed by atoms with Crippen molar-refractivity contribution in [3.63, 3.8) is 0 Å². The van der Waals surface area contributed by atoms with Crippen molar-refractivity contribution in [3.05, 3.63) is 0 Å². The Morgan fingerprint density at radius 2 is 0.759 bits per heavy atom. The molecule has 7 nitrogen and oxygen atoms in total. The first-order chi connectivity index (χ1) is 12.9. The molecule has 0 saturated heterocycles. The molecule has 0 aliphatic carbocycles. The maximum atomic E-state index is 8.93. The van der Waals surface area contributed by atoms with Gasteiger partial charge in [-0.05, 0) is 34.0 Å². The minimum absolute atomic E-state index is 0. The Morgan fingerprint density at radius 1 is 0.621 bits per heavy atom. The zero-order valence-corrected chi connectivity index (χ0v) is 24.6. The molecule has 182 valence electrons. The predicted octanol–water partition coefficient (Wildman–Crippen LogP) is 0.719. The smallest absolute Gasteiger partial charge is 0.855 e. The monoisotopic (exact) mass is 477 g/mol. The van der Waals surface area contributed by atoms with Crippen LogP contribution in [0, 0.1) is 0 Å². The van der Waals surface area contributed by atoms with Crippen LogP contribution in [-0.4, -0.2) is 109 Å². The van der Waals surface area contributed by atoms with Crippen LogP contribution in [-0.2, 0) is 21.7 Å². The van der Waals surface area contributed by atoms with E-state index in [1.165, 1.54) is 19.3 Å². The molecule has 0 aliphatic heterocycles. The van der Waals surface area contributed by atoms with E-state index in [1.54, 1.807) is 27.7 Å². The Kier molecular flexibility index (Phi) is 290. The van der Waals surface area contributed by atoms with Crippen molar-refractivity contribution in [1.82, 2.24) is 4.90 Å². The Morgan fingerprint density at radius 3 is 0.759 bits per heavy atom. The van der Waals surface area contributed by atoms with Crippen molar-refractivity contribution >= 4 is 23.1 Å². The number of hydrogen-bond acceptors (Lipinski definition) is 7. The second-order valence-electron chi connectivity index (χ2n) is 4.05. The van der Waals surface area contributed by atoms with Gasteiger partial charge in [-0.2, -0.15) is 0 Å². The summed E-state index contributed by atoms with van der Waals surface area (Å²) in [6.07, 6.45) is 4.08. The normalized spacial score (nSPS) is 6.41. The molecule has 0 amide bonds. The van der Waals surface area contributed by atoms with Crippen molar-refractivity contribution in [2.45, 2.75) is 74.7 Å². The van der Waals surface area contributed by atoms with Crippen LogP contribution >= 0.6 is 0 Å². The number of hydrogen-bond donors (Lipinski definition) is 4. The molecule has 4 N–H and O–H groups in total. The standard InChI is InChI=1S/C5H13N.C5H12.2C2H6O.2C2H5O.2CH4O.Mg.Ti/c1-4-6(3)5-2;1-3-5-4-2;4*1-2-3;2*1-2;;/h4-5H2,1-3H3;3-5H2,1-2H3;2*3H,2H2,1H3;2*2H2,1H3;2*2H,1H3;;/q;;;;2*-1;;;+2;. The maximum Gasteiger partial charge on any atom is 2.00 e. The Bertz CT molecular complexity index is 111. The summed E-state index contributed by atoms with van der Waals surface area (Å²) in [6.45, 7) is 18.1. The van der Waals surface area contributed by atoms with E-state index >= 15 is 0 Å². The first kappa shape index (κ1) is 63.1. The van der Waals surface area contributed by atoms with Gasteiger partial charge in [0.25, 0.3) is 0 Å². The van der Waals surface area contributed by atoms with E-state index < -0.39 is 0 Å². The molecule has 0 unspecified atom stereocenters. The number of aliphatic hydroxyl groups excluding tert-OH is 4. The third kappa shape index (κ3) is 417. The van der Waals surface area contributed by atoms with Crippen LogP contribution in [0.4, 0.5) is 0 Å². The van der Waals surface area contributed by atoms with Crippen molar-refractivity contribution in [3.8, 4) is 0 Å². The fourth-order valence-corrected chi connectivity index (χ4v) is 0.577. The van der Waals surface area contributed by atoms with E-state index in [9.17, 15) is 0 Å². The zero-order valence-electron chi connectivity index (χ0n) is 21.6. The summed E-state index contributed by atoms with van der Waals surface area (Å²) in [5, 5.41) is 47.0. The molecule has 0 atom stereocenters. The van der Waals surface area contributed by atoms with E-state index in [2.05, 4.69) is 39.6 Å². The molecule has 9 heteroatoms. The van der Waals surface area contributed by atoms with E-state index in [0.29, 0.717) is 0 Å². The van der Waals surface area contributed by atoms with E-state index in [0.717, 1.165) is 27.3 Å². The largest absolute Gasteiger partial charge is 2.00 e. The van der Waals surface area contributed by atoms with Gasteiger partial charge in [0.1, 0.15) is 0 Å². The first-order valence-electron chi connectivity index (χ1n) is 9.84. The average molecular weight is 478 g/mol. The molecule has 0 heterocycles. The van der Waals surface area contributed by atoms with Crippen molar-refractivity contribution in [1.29, 1.82) is 0 Å². The molecular formula is C20H55MgNO6Ti. The molecular weight excluding hydrogens is 422 g/mol. The van der Waals surface area contributed by atoms with Gasteiger partial charge in [0, 0.05) is 49.2 Å². The molecule has 0 radical (unpaired) electrons. The minimum Gasteiger partial charge on any atom is -0.855 e. The molecule has 0 bridgehead atoms. The molecule has 0 rings (SSSR count). The maximum absolute atomic E-state index is 8.93. The van der Waals surface area contributed by atoms with Crippen LogP contribution in [0.5, 0.6) is 0 Å². The summed E-state index contributed by atoms with van der Waals surface area (Å²) in [6, 6.07) is 0. The van der Waals surface area contributed by atoms with E-state index in [-0.39, 0.29) is 71.2 Å². The summed E-state index contributed by atoms with van der Waals surface area (Å²) in [4.78, 5) is 2.25. The fraction of sp³-hybridized carbons (Fsp3) is 1.00. The fourth-order valence-electron chi connectivity index (χ4n) is 0.577. The summed E-state index contributed by atoms with van der Waals surface area (Å²) in [5.41, 5.74) is 0. The van der Waals surface area contributed by atoms with Gasteiger partial charge < -0.3 is 35.5 Å². The van der Waals surface area contributed by atoms with Gasteiger partial charge in [-0.25, -0.2) is 0 Å². The predicted molar refractivity (Wildman–Crippen MR) is 123 cm³/mol. The van der Waals surface area contributed by atoms with Gasteiger partial charge in [0.05, 0.1) is 0 Å². The summed E-state index contributed by atoms with van der Waals surface area (Å²) in [5.74, 6) is 0. The van der Waals surface area contributed by atoms with Gasteiger partial charge >= 0.3 is 23.1 Å². The van der Waals surface area contributed by atoms with Crippen LogP contribution in [0.15, 0.2) is 0 Å². The average Bonchev–Trinajstić information content (AvgIpc) is 2.68. The second kappa shape index (κ2) is 133. The SMILES string of the molecule is CCCCC.CCN(C)CC.CCO.CCO.CC[O-].CC[O-].CO.CO.[Mg+2].[Ti]. The zero-order chi connectivity index (χ0) is 23.9.